The summed E-state index contributed by atoms with van der Waals surface area (Å²) < 4.78 is 7.02. The molecule has 24 heavy (non-hydrogen) atoms. The Labute approximate surface area is 139 Å². The molecular formula is C17H19N5O2. The third kappa shape index (κ3) is 2.55. The van der Waals surface area contributed by atoms with Gasteiger partial charge in [0.25, 0.3) is 0 Å². The highest BCUT2D eigenvalue weighted by molar-refractivity contribution is 5.79. The molecule has 0 unspecified atom stereocenters. The van der Waals surface area contributed by atoms with Crippen molar-refractivity contribution in [2.75, 3.05) is 6.54 Å². The Morgan fingerprint density at radius 3 is 3.00 bits per heavy atom. The van der Waals surface area contributed by atoms with Gasteiger partial charge in [-0.05, 0) is 31.4 Å². The fraction of sp³-hybridized carbons (Fsp3) is 0.412. The van der Waals surface area contributed by atoms with E-state index < -0.39 is 0 Å². The highest BCUT2D eigenvalue weighted by Crippen LogP contribution is 2.30. The number of aromatic nitrogens is 4. The molecule has 1 atom stereocenters. The van der Waals surface area contributed by atoms with Gasteiger partial charge in [-0.25, -0.2) is 4.98 Å². The summed E-state index contributed by atoms with van der Waals surface area (Å²) in [6.45, 7) is 4.50. The zero-order chi connectivity index (χ0) is 16.7. The number of amides is 1. The maximum atomic E-state index is 12.8. The zero-order valence-electron chi connectivity index (χ0n) is 13.8. The molecule has 1 aliphatic rings. The molecule has 0 bridgehead atoms. The summed E-state index contributed by atoms with van der Waals surface area (Å²) >= 11 is 0. The molecule has 0 aliphatic carbocycles. The molecular weight excluding hydrogens is 306 g/mol. The Hall–Kier alpha value is -2.70. The van der Waals surface area contributed by atoms with Gasteiger partial charge in [-0.1, -0.05) is 11.2 Å². The van der Waals surface area contributed by atoms with Crippen molar-refractivity contribution >= 4 is 11.6 Å². The van der Waals surface area contributed by atoms with E-state index in [1.54, 1.807) is 6.92 Å². The molecule has 1 amide bonds. The van der Waals surface area contributed by atoms with Crippen LogP contribution in [0.4, 0.5) is 0 Å². The maximum absolute atomic E-state index is 12.8. The lowest BCUT2D eigenvalue weighted by molar-refractivity contribution is -0.131. The lowest BCUT2D eigenvalue weighted by atomic mass is 10.2. The standard InChI is InChI=1S/C17H19N5O2/c1-11-5-3-7-21-10-13(19-17(11)21)9-15(23)22-8-4-6-14(22)16-18-12(2)24-20-16/h3,5,7,10,14H,4,6,8-9H2,1-2H3/t14-/m1/s1. The predicted octanol–water partition coefficient (Wildman–Crippen LogP) is 2.24. The van der Waals surface area contributed by atoms with E-state index in [-0.39, 0.29) is 18.4 Å². The first-order valence-corrected chi connectivity index (χ1v) is 8.14. The van der Waals surface area contributed by atoms with Crippen LogP contribution in [0.2, 0.25) is 0 Å². The van der Waals surface area contributed by atoms with E-state index in [0.717, 1.165) is 36.3 Å². The van der Waals surface area contributed by atoms with Crippen LogP contribution in [0, 0.1) is 13.8 Å². The van der Waals surface area contributed by atoms with Crippen LogP contribution in [0.15, 0.2) is 29.0 Å². The Kier molecular flexibility index (Phi) is 3.55. The van der Waals surface area contributed by atoms with E-state index in [9.17, 15) is 4.79 Å². The molecule has 124 valence electrons. The van der Waals surface area contributed by atoms with Gasteiger partial charge in [0, 0.05) is 25.9 Å². The van der Waals surface area contributed by atoms with Gasteiger partial charge in [0.05, 0.1) is 18.2 Å². The van der Waals surface area contributed by atoms with Crippen molar-refractivity contribution < 1.29 is 9.32 Å². The number of hydrogen-bond acceptors (Lipinski definition) is 5. The lowest BCUT2D eigenvalue weighted by Gasteiger charge is -2.21. The van der Waals surface area contributed by atoms with Crippen LogP contribution in [-0.2, 0) is 11.2 Å². The van der Waals surface area contributed by atoms with Crippen LogP contribution >= 0.6 is 0 Å². The third-order valence-electron chi connectivity index (χ3n) is 4.47. The molecule has 0 N–H and O–H groups in total. The van der Waals surface area contributed by atoms with Crippen molar-refractivity contribution in [3.8, 4) is 0 Å². The average molecular weight is 325 g/mol. The van der Waals surface area contributed by atoms with Crippen molar-refractivity contribution in [3.05, 3.63) is 47.5 Å². The van der Waals surface area contributed by atoms with Gasteiger partial charge in [-0.2, -0.15) is 4.98 Å². The van der Waals surface area contributed by atoms with Gasteiger partial charge >= 0.3 is 0 Å². The zero-order valence-corrected chi connectivity index (χ0v) is 13.8. The number of likely N-dealkylation sites (tertiary alicyclic amines) is 1. The first-order valence-electron chi connectivity index (χ1n) is 8.14. The minimum absolute atomic E-state index is 0.0565. The summed E-state index contributed by atoms with van der Waals surface area (Å²) in [5, 5.41) is 3.98. The molecule has 0 aromatic carbocycles. The second-order valence-corrected chi connectivity index (χ2v) is 6.25. The highest BCUT2D eigenvalue weighted by atomic mass is 16.5. The highest BCUT2D eigenvalue weighted by Gasteiger charge is 2.33. The van der Waals surface area contributed by atoms with Crippen LogP contribution in [0.3, 0.4) is 0 Å². The summed E-state index contributed by atoms with van der Waals surface area (Å²) in [5.74, 6) is 1.19. The van der Waals surface area contributed by atoms with E-state index >= 15 is 0 Å². The van der Waals surface area contributed by atoms with Crippen molar-refractivity contribution in [3.63, 3.8) is 0 Å². The number of aryl methyl sites for hydroxylation is 2. The van der Waals surface area contributed by atoms with Crippen LogP contribution < -0.4 is 0 Å². The van der Waals surface area contributed by atoms with E-state index in [0.29, 0.717) is 11.7 Å². The SMILES string of the molecule is Cc1nc([C@H]2CCCN2C(=O)Cc2cn3cccc(C)c3n2)no1. The van der Waals surface area contributed by atoms with Crippen LogP contribution in [0.25, 0.3) is 5.65 Å². The summed E-state index contributed by atoms with van der Waals surface area (Å²) in [6.07, 6.45) is 5.98. The molecule has 0 radical (unpaired) electrons. The van der Waals surface area contributed by atoms with Crippen molar-refractivity contribution in [1.29, 1.82) is 0 Å². The second kappa shape index (κ2) is 5.74. The van der Waals surface area contributed by atoms with Gasteiger partial charge in [0.1, 0.15) is 5.65 Å². The smallest absolute Gasteiger partial charge is 0.229 e. The quantitative estimate of drug-likeness (QED) is 0.738. The Morgan fingerprint density at radius 1 is 1.38 bits per heavy atom. The number of rotatable bonds is 3. The van der Waals surface area contributed by atoms with Gasteiger partial charge in [-0.15, -0.1) is 0 Å². The number of nitrogens with zero attached hydrogens (tertiary/aromatic N) is 5. The van der Waals surface area contributed by atoms with E-state index in [1.165, 1.54) is 0 Å². The van der Waals surface area contributed by atoms with E-state index in [2.05, 4.69) is 15.1 Å². The molecule has 7 heteroatoms. The van der Waals surface area contributed by atoms with Crippen LogP contribution in [0.5, 0.6) is 0 Å². The number of carbonyl (C=O) groups is 1. The van der Waals surface area contributed by atoms with Crippen molar-refractivity contribution in [2.45, 2.75) is 39.2 Å². The first kappa shape index (κ1) is 14.9. The van der Waals surface area contributed by atoms with Gasteiger partial charge in [-0.3, -0.25) is 4.79 Å². The van der Waals surface area contributed by atoms with Crippen molar-refractivity contribution in [2.24, 2.45) is 0 Å². The summed E-state index contributed by atoms with van der Waals surface area (Å²) in [6, 6.07) is 3.90. The Balaban J connectivity index is 1.55. The Morgan fingerprint density at radius 2 is 2.25 bits per heavy atom. The molecule has 1 saturated heterocycles. The molecule has 4 rings (SSSR count). The largest absolute Gasteiger partial charge is 0.340 e. The molecule has 4 heterocycles. The van der Waals surface area contributed by atoms with Gasteiger partial charge in [0.2, 0.25) is 11.8 Å². The fourth-order valence-corrected chi connectivity index (χ4v) is 3.33. The third-order valence-corrected chi connectivity index (χ3v) is 4.47. The minimum Gasteiger partial charge on any atom is -0.340 e. The number of carbonyl (C=O) groups excluding carboxylic acids is 1. The van der Waals surface area contributed by atoms with Gasteiger partial charge < -0.3 is 13.8 Å². The average Bonchev–Trinajstić information content (AvgIpc) is 3.25. The number of pyridine rings is 1. The Bertz CT molecular complexity index is 897. The van der Waals surface area contributed by atoms with Crippen LogP contribution in [0.1, 0.15) is 41.9 Å². The first-order chi connectivity index (χ1) is 11.6. The summed E-state index contributed by atoms with van der Waals surface area (Å²) in [5.41, 5.74) is 2.77. The summed E-state index contributed by atoms with van der Waals surface area (Å²) in [4.78, 5) is 23.5. The van der Waals surface area contributed by atoms with E-state index in [1.807, 2.05) is 40.8 Å². The normalized spacial score (nSPS) is 17.8. The number of fused-ring (bicyclic) bond motifs is 1. The van der Waals surface area contributed by atoms with Crippen LogP contribution in [-0.4, -0.2) is 36.9 Å². The lowest BCUT2D eigenvalue weighted by Crippen LogP contribution is -2.32. The molecule has 1 aliphatic heterocycles. The topological polar surface area (TPSA) is 76.5 Å². The second-order valence-electron chi connectivity index (χ2n) is 6.25. The molecule has 0 saturated carbocycles. The molecule has 7 nitrogen and oxygen atoms in total. The maximum Gasteiger partial charge on any atom is 0.229 e. The molecule has 1 fully saturated rings. The van der Waals surface area contributed by atoms with E-state index in [4.69, 9.17) is 4.52 Å². The monoisotopic (exact) mass is 325 g/mol. The number of hydrogen-bond donors (Lipinski definition) is 0. The molecule has 0 spiro atoms. The minimum atomic E-state index is -0.0892. The fourth-order valence-electron chi connectivity index (χ4n) is 3.33. The van der Waals surface area contributed by atoms with Gasteiger partial charge in [0.15, 0.2) is 5.82 Å². The molecule has 3 aromatic heterocycles. The number of imidazole rings is 1. The predicted molar refractivity (Wildman–Crippen MR) is 86.4 cm³/mol. The molecule has 3 aromatic rings. The summed E-state index contributed by atoms with van der Waals surface area (Å²) in [7, 11) is 0. The van der Waals surface area contributed by atoms with Crippen molar-refractivity contribution in [1.82, 2.24) is 24.4 Å².